The Kier molecular flexibility index (Phi) is 2.75. The Morgan fingerprint density at radius 2 is 2.04 bits per heavy atom. The van der Waals surface area contributed by atoms with E-state index in [9.17, 15) is 4.79 Å². The van der Waals surface area contributed by atoms with Crippen LogP contribution >= 0.6 is 0 Å². The van der Waals surface area contributed by atoms with E-state index in [1.807, 2.05) is 0 Å². The van der Waals surface area contributed by atoms with Crippen LogP contribution in [0, 0.1) is 17.3 Å². The molecule has 7 aliphatic rings. The number of nitrogens with one attached hydrogen (secondary N) is 1. The van der Waals surface area contributed by atoms with Crippen molar-refractivity contribution in [3.05, 3.63) is 0 Å². The Morgan fingerprint density at radius 3 is 2.84 bits per heavy atom. The lowest BCUT2D eigenvalue weighted by atomic mass is 9.43. The van der Waals surface area contributed by atoms with Gasteiger partial charge in [-0.2, -0.15) is 0 Å². The molecule has 7 rings (SSSR count). The summed E-state index contributed by atoms with van der Waals surface area (Å²) < 4.78 is 14.1. The first kappa shape index (κ1) is 15.5. The van der Waals surface area contributed by atoms with Gasteiger partial charge in [-0.25, -0.2) is 0 Å². The average Bonchev–Trinajstić information content (AvgIpc) is 3.28. The molecule has 1 N–H and O–H groups in total. The van der Waals surface area contributed by atoms with Gasteiger partial charge in [-0.3, -0.25) is 4.79 Å². The van der Waals surface area contributed by atoms with Crippen molar-refractivity contribution in [2.45, 2.75) is 83.0 Å². The molecule has 0 aromatic carbocycles. The lowest BCUT2D eigenvalue weighted by Gasteiger charge is -2.66. The van der Waals surface area contributed by atoms with E-state index in [4.69, 9.17) is 9.31 Å². The molecule has 3 saturated carbocycles. The second-order valence-corrected chi connectivity index (χ2v) is 10.5. The summed E-state index contributed by atoms with van der Waals surface area (Å²) in [5.41, 5.74) is 0.211. The van der Waals surface area contributed by atoms with E-state index in [1.54, 1.807) is 0 Å². The van der Waals surface area contributed by atoms with E-state index in [-0.39, 0.29) is 23.7 Å². The normalized spacial score (nSPS) is 58.0. The monoisotopic (exact) mass is 346 g/mol. The van der Waals surface area contributed by atoms with Crippen molar-refractivity contribution in [2.75, 3.05) is 13.1 Å². The zero-order chi connectivity index (χ0) is 17.2. The number of carbonyl (C=O) groups is 1. The standard InChI is InChI=1S/C19H31BN2O3/c1-18(2)12-10-14(18)19(3)15(11-12)24-20(25-19)16-7-5-8-21(16)17(23)13-6-4-9-22(13)20/h12-16,22H,4-11H2,1-3H3/t12-,13-,14-,15+,16?,19-,20?/m0/s1. The van der Waals surface area contributed by atoms with Crippen LogP contribution in [0.15, 0.2) is 0 Å². The first-order valence-electron chi connectivity index (χ1n) is 10.6. The highest BCUT2D eigenvalue weighted by Gasteiger charge is 2.74. The summed E-state index contributed by atoms with van der Waals surface area (Å²) in [4.78, 5) is 16.5. The zero-order valence-electron chi connectivity index (χ0n) is 15.8. The van der Waals surface area contributed by atoms with Crippen molar-refractivity contribution >= 4 is 12.6 Å². The van der Waals surface area contributed by atoms with Gasteiger partial charge in [-0.15, -0.1) is 0 Å². The summed E-state index contributed by atoms with van der Waals surface area (Å²) in [6.07, 6.45) is 6.96. The SMILES string of the molecule is CC1(C)[C@@H]2C[C@H]3O[B-]4(O[C@@]3(C)[C@H]1C2)C1CCCN1C(=O)[C@@H]1CCC[NH+]14. The molecule has 5 nitrogen and oxygen atoms in total. The van der Waals surface area contributed by atoms with Crippen molar-refractivity contribution < 1.29 is 18.9 Å². The number of rotatable bonds is 0. The average molecular weight is 346 g/mol. The van der Waals surface area contributed by atoms with Crippen LogP contribution in [0.25, 0.3) is 0 Å². The number of quaternary nitrogens is 1. The van der Waals surface area contributed by atoms with Crippen LogP contribution < -0.4 is 4.81 Å². The fourth-order valence-corrected chi connectivity index (χ4v) is 8.04. The molecule has 0 aromatic rings. The van der Waals surface area contributed by atoms with Gasteiger partial charge in [0.1, 0.15) is 6.04 Å². The molecule has 1 spiro atoms. The Morgan fingerprint density at radius 1 is 1.20 bits per heavy atom. The first-order valence-corrected chi connectivity index (χ1v) is 10.6. The fraction of sp³-hybridized carbons (Fsp3) is 0.947. The van der Waals surface area contributed by atoms with Gasteiger partial charge in [0.25, 0.3) is 5.91 Å². The van der Waals surface area contributed by atoms with Crippen LogP contribution in [0.1, 0.15) is 59.3 Å². The molecule has 0 aromatic heterocycles. The largest absolute Gasteiger partial charge is 0.508 e. The lowest BCUT2D eigenvalue weighted by Crippen LogP contribution is -3.29. The van der Waals surface area contributed by atoms with E-state index < -0.39 is 6.69 Å². The maximum atomic E-state index is 13.0. The third kappa shape index (κ3) is 1.58. The van der Waals surface area contributed by atoms with Gasteiger partial charge in [0.15, 0.2) is 0 Å². The first-order chi connectivity index (χ1) is 11.9. The number of nitrogens with zero attached hydrogens (tertiary/aromatic N) is 1. The lowest BCUT2D eigenvalue weighted by molar-refractivity contribution is -0.823. The molecule has 138 valence electrons. The van der Waals surface area contributed by atoms with Crippen molar-refractivity contribution in [3.8, 4) is 0 Å². The summed E-state index contributed by atoms with van der Waals surface area (Å²) in [5, 5.41) is 0. The second-order valence-electron chi connectivity index (χ2n) is 10.5. The molecule has 8 atom stereocenters. The predicted molar refractivity (Wildman–Crippen MR) is 93.7 cm³/mol. The van der Waals surface area contributed by atoms with Crippen LogP contribution in [-0.4, -0.2) is 54.3 Å². The minimum Gasteiger partial charge on any atom is -0.508 e. The molecule has 4 aliphatic heterocycles. The highest BCUT2D eigenvalue weighted by atomic mass is 16.7. The Hall–Kier alpha value is -0.585. The van der Waals surface area contributed by atoms with Crippen molar-refractivity contribution in [1.82, 2.24) is 4.90 Å². The molecule has 4 heterocycles. The maximum absolute atomic E-state index is 13.0. The smallest absolute Gasteiger partial charge is 0.493 e. The third-order valence-electron chi connectivity index (χ3n) is 9.41. The maximum Gasteiger partial charge on any atom is 0.493 e. The molecule has 2 bridgehead atoms. The number of hydrogen-bond acceptors (Lipinski definition) is 3. The predicted octanol–water partition coefficient (Wildman–Crippen LogP) is 0.757. The van der Waals surface area contributed by atoms with E-state index in [1.165, 1.54) is 11.2 Å². The molecule has 0 radical (unpaired) electrons. The summed E-state index contributed by atoms with van der Waals surface area (Å²) in [6.45, 7) is 7.68. The molecule has 6 heteroatoms. The molecule has 7 fully saturated rings. The number of amides is 1. The Labute approximate surface area is 150 Å². The van der Waals surface area contributed by atoms with E-state index in [2.05, 4.69) is 25.7 Å². The van der Waals surface area contributed by atoms with Gasteiger partial charge < -0.3 is 19.0 Å². The quantitative estimate of drug-likeness (QED) is 0.659. The minimum absolute atomic E-state index is 0.0844. The third-order valence-corrected chi connectivity index (χ3v) is 9.41. The van der Waals surface area contributed by atoms with Crippen LogP contribution in [0.4, 0.5) is 0 Å². The second kappa shape index (κ2) is 4.45. The molecular formula is C19H31BN2O3. The van der Waals surface area contributed by atoms with Gasteiger partial charge in [-0.1, -0.05) is 20.3 Å². The fourth-order valence-electron chi connectivity index (χ4n) is 8.04. The van der Waals surface area contributed by atoms with Gasteiger partial charge in [0.05, 0.1) is 5.60 Å². The van der Waals surface area contributed by atoms with Crippen molar-refractivity contribution in [1.29, 1.82) is 0 Å². The summed E-state index contributed by atoms with van der Waals surface area (Å²) in [5.74, 6) is 1.93. The topological polar surface area (TPSA) is 43.2 Å². The zero-order valence-corrected chi connectivity index (χ0v) is 15.8. The summed E-state index contributed by atoms with van der Waals surface area (Å²) in [7, 11) is 0. The van der Waals surface area contributed by atoms with Gasteiger partial charge in [-0.05, 0) is 49.9 Å². The number of carbonyl (C=O) groups excluding carboxylic acids is 1. The summed E-state index contributed by atoms with van der Waals surface area (Å²) in [6, 6.07) is 0.0844. The van der Waals surface area contributed by atoms with Crippen LogP contribution in [0.3, 0.4) is 0 Å². The van der Waals surface area contributed by atoms with E-state index in [0.29, 0.717) is 17.2 Å². The molecule has 1 amide bonds. The molecule has 3 aliphatic carbocycles. The van der Waals surface area contributed by atoms with Gasteiger partial charge in [0, 0.05) is 31.6 Å². The Balaban J connectivity index is 1.44. The molecule has 25 heavy (non-hydrogen) atoms. The molecule has 3 unspecified atom stereocenters. The molecule has 4 saturated heterocycles. The van der Waals surface area contributed by atoms with E-state index >= 15 is 0 Å². The van der Waals surface area contributed by atoms with Crippen LogP contribution in [0.2, 0.25) is 0 Å². The van der Waals surface area contributed by atoms with Crippen molar-refractivity contribution in [3.63, 3.8) is 0 Å². The van der Waals surface area contributed by atoms with Crippen molar-refractivity contribution in [2.24, 2.45) is 17.3 Å². The van der Waals surface area contributed by atoms with Crippen LogP contribution in [-0.2, 0) is 14.1 Å². The number of fused-ring (bicyclic) bond motifs is 4. The Bertz CT molecular complexity index is 631. The summed E-state index contributed by atoms with van der Waals surface area (Å²) >= 11 is 0. The van der Waals surface area contributed by atoms with Crippen LogP contribution in [0.5, 0.6) is 0 Å². The van der Waals surface area contributed by atoms with Gasteiger partial charge in [0.2, 0.25) is 0 Å². The number of hydrogen-bond donors (Lipinski definition) is 1. The highest BCUT2D eigenvalue weighted by Crippen LogP contribution is 2.66. The van der Waals surface area contributed by atoms with E-state index in [0.717, 1.165) is 51.1 Å². The highest BCUT2D eigenvalue weighted by molar-refractivity contribution is 6.62. The van der Waals surface area contributed by atoms with Gasteiger partial charge >= 0.3 is 6.69 Å². The minimum atomic E-state index is -1.44. The molecular weight excluding hydrogens is 315 g/mol.